The van der Waals surface area contributed by atoms with Gasteiger partial charge in [-0.25, -0.2) is 0 Å². The highest BCUT2D eigenvalue weighted by Crippen LogP contribution is 2.31. The second-order valence-corrected chi connectivity index (χ2v) is 11.3. The quantitative estimate of drug-likeness (QED) is 0.128. The van der Waals surface area contributed by atoms with Crippen LogP contribution in [-0.4, -0.2) is 27.8 Å². The van der Waals surface area contributed by atoms with Gasteiger partial charge in [0.25, 0.3) is 5.91 Å². The molecule has 0 aliphatic carbocycles. The molecule has 0 saturated heterocycles. The summed E-state index contributed by atoms with van der Waals surface area (Å²) in [7, 11) is 1.66. The molecule has 0 fully saturated rings. The van der Waals surface area contributed by atoms with Crippen LogP contribution < -0.4 is 10.1 Å². The largest absolute Gasteiger partial charge is 0.497 e. The van der Waals surface area contributed by atoms with Crippen LogP contribution in [0.5, 0.6) is 5.75 Å². The zero-order valence-corrected chi connectivity index (χ0v) is 25.2. The lowest BCUT2D eigenvalue weighted by Gasteiger charge is -2.18. The molecule has 40 heavy (non-hydrogen) atoms. The Labute approximate surface area is 246 Å². The van der Waals surface area contributed by atoms with Gasteiger partial charge in [0.2, 0.25) is 0 Å². The van der Waals surface area contributed by atoms with E-state index >= 15 is 0 Å². The first-order valence-corrected chi connectivity index (χ1v) is 15.1. The van der Waals surface area contributed by atoms with Crippen LogP contribution in [0.25, 0.3) is 5.69 Å². The van der Waals surface area contributed by atoms with Crippen LogP contribution >= 0.6 is 23.4 Å². The van der Waals surface area contributed by atoms with Crippen LogP contribution in [-0.2, 0) is 12.2 Å². The van der Waals surface area contributed by atoms with E-state index < -0.39 is 6.04 Å². The summed E-state index contributed by atoms with van der Waals surface area (Å²) in [6.07, 6.45) is 5.94. The van der Waals surface area contributed by atoms with Gasteiger partial charge in [-0.3, -0.25) is 9.36 Å². The first-order chi connectivity index (χ1) is 19.4. The zero-order valence-electron chi connectivity index (χ0n) is 23.6. The van der Waals surface area contributed by atoms with Gasteiger partial charge in [-0.2, -0.15) is 0 Å². The van der Waals surface area contributed by atoms with Crippen LogP contribution in [0.1, 0.15) is 78.4 Å². The molecule has 1 heterocycles. The zero-order chi connectivity index (χ0) is 28.5. The van der Waals surface area contributed by atoms with E-state index in [1.54, 1.807) is 18.9 Å². The predicted octanol–water partition coefficient (Wildman–Crippen LogP) is 8.14. The summed E-state index contributed by atoms with van der Waals surface area (Å²) in [5.74, 6) is 1.99. The first kappa shape index (κ1) is 29.7. The topological polar surface area (TPSA) is 69.0 Å². The molecule has 1 amide bonds. The molecule has 0 saturated carbocycles. The highest BCUT2D eigenvalue weighted by atomic mass is 35.5. The molecule has 4 aromatic rings. The summed E-state index contributed by atoms with van der Waals surface area (Å²) in [5, 5.41) is 13.5. The van der Waals surface area contributed by atoms with E-state index in [-0.39, 0.29) is 5.91 Å². The van der Waals surface area contributed by atoms with Crippen molar-refractivity contribution in [3.63, 3.8) is 0 Å². The molecular formula is C32H37ClN4O2S. The third kappa shape index (κ3) is 7.67. The van der Waals surface area contributed by atoms with Crippen LogP contribution in [0.4, 0.5) is 0 Å². The van der Waals surface area contributed by atoms with E-state index in [4.69, 9.17) is 16.3 Å². The number of aryl methyl sites for hydroxylation is 2. The van der Waals surface area contributed by atoms with E-state index in [1.807, 2.05) is 66.9 Å². The molecule has 0 aliphatic heterocycles. The molecule has 6 nitrogen and oxygen atoms in total. The number of rotatable bonds is 13. The molecule has 3 aromatic carbocycles. The monoisotopic (exact) mass is 576 g/mol. The number of unbranched alkanes of at least 4 members (excludes halogenated alkanes) is 3. The third-order valence-corrected chi connectivity index (χ3v) is 8.08. The van der Waals surface area contributed by atoms with Crippen molar-refractivity contribution in [1.29, 1.82) is 0 Å². The highest BCUT2D eigenvalue weighted by Gasteiger charge is 2.23. The SMILES string of the molecule is CCCCCCc1ccc(C(=O)NC(C)c2nnc(SCc3cccc(OC)c3)n2-c2cc(Cl)ccc2C)cc1. The van der Waals surface area contributed by atoms with E-state index in [2.05, 4.69) is 40.6 Å². The Kier molecular flexibility index (Phi) is 10.7. The maximum atomic E-state index is 13.2. The number of aromatic nitrogens is 3. The van der Waals surface area contributed by atoms with Gasteiger partial charge in [0, 0.05) is 16.3 Å². The minimum Gasteiger partial charge on any atom is -0.497 e. The van der Waals surface area contributed by atoms with Crippen molar-refractivity contribution in [2.45, 2.75) is 69.8 Å². The van der Waals surface area contributed by atoms with Crippen molar-refractivity contribution in [3.05, 3.63) is 99.8 Å². The molecule has 4 rings (SSSR count). The molecule has 0 bridgehead atoms. The Balaban J connectivity index is 1.54. The summed E-state index contributed by atoms with van der Waals surface area (Å²) >= 11 is 7.98. The fourth-order valence-electron chi connectivity index (χ4n) is 4.54. The summed E-state index contributed by atoms with van der Waals surface area (Å²) in [5.41, 5.74) is 4.91. The molecule has 1 atom stereocenters. The average Bonchev–Trinajstić information content (AvgIpc) is 3.40. The molecule has 8 heteroatoms. The van der Waals surface area contributed by atoms with Crippen molar-refractivity contribution >= 4 is 29.3 Å². The van der Waals surface area contributed by atoms with Crippen molar-refractivity contribution < 1.29 is 9.53 Å². The number of carbonyl (C=O) groups is 1. The Morgan fingerprint density at radius 3 is 2.58 bits per heavy atom. The number of hydrogen-bond acceptors (Lipinski definition) is 5. The van der Waals surface area contributed by atoms with Crippen molar-refractivity contribution in [2.24, 2.45) is 0 Å². The predicted molar refractivity (Wildman–Crippen MR) is 164 cm³/mol. The van der Waals surface area contributed by atoms with E-state index in [9.17, 15) is 4.79 Å². The van der Waals surface area contributed by atoms with Gasteiger partial charge in [-0.05, 0) is 79.8 Å². The fourth-order valence-corrected chi connectivity index (χ4v) is 5.60. The molecule has 0 radical (unpaired) electrons. The number of amides is 1. The van der Waals surface area contributed by atoms with Gasteiger partial charge >= 0.3 is 0 Å². The summed E-state index contributed by atoms with van der Waals surface area (Å²) in [6.45, 7) is 6.17. The number of ether oxygens (including phenoxy) is 1. The number of halogens is 1. The number of nitrogens with zero attached hydrogens (tertiary/aromatic N) is 3. The lowest BCUT2D eigenvalue weighted by Crippen LogP contribution is -2.28. The maximum Gasteiger partial charge on any atom is 0.251 e. The fraction of sp³-hybridized carbons (Fsp3) is 0.344. The Hall–Kier alpha value is -3.29. The third-order valence-electron chi connectivity index (χ3n) is 6.84. The summed E-state index contributed by atoms with van der Waals surface area (Å²) in [4.78, 5) is 13.2. The van der Waals surface area contributed by atoms with Crippen molar-refractivity contribution in [2.75, 3.05) is 7.11 Å². The Bertz CT molecular complexity index is 1420. The number of carbonyl (C=O) groups excluding carboxylic acids is 1. The molecule has 0 aliphatic rings. The number of methoxy groups -OCH3 is 1. The molecule has 0 spiro atoms. The molecule has 1 aromatic heterocycles. The van der Waals surface area contributed by atoms with Crippen LogP contribution in [0, 0.1) is 6.92 Å². The number of hydrogen-bond donors (Lipinski definition) is 1. The number of thioether (sulfide) groups is 1. The van der Waals surface area contributed by atoms with Gasteiger partial charge in [-0.15, -0.1) is 10.2 Å². The molecule has 1 N–H and O–H groups in total. The number of nitrogens with one attached hydrogen (secondary N) is 1. The van der Waals surface area contributed by atoms with E-state index in [0.717, 1.165) is 34.1 Å². The van der Waals surface area contributed by atoms with Gasteiger partial charge in [0.05, 0.1) is 18.8 Å². The minimum absolute atomic E-state index is 0.145. The summed E-state index contributed by atoms with van der Waals surface area (Å²) < 4.78 is 7.37. The lowest BCUT2D eigenvalue weighted by atomic mass is 10.0. The van der Waals surface area contributed by atoms with Crippen molar-refractivity contribution in [1.82, 2.24) is 20.1 Å². The van der Waals surface area contributed by atoms with Gasteiger partial charge < -0.3 is 10.1 Å². The van der Waals surface area contributed by atoms with Crippen LogP contribution in [0.15, 0.2) is 71.9 Å². The minimum atomic E-state index is -0.390. The van der Waals surface area contributed by atoms with Gasteiger partial charge in [-0.1, -0.05) is 79.9 Å². The second kappa shape index (κ2) is 14.4. The normalized spacial score (nSPS) is 11.8. The van der Waals surface area contributed by atoms with Crippen LogP contribution in [0.3, 0.4) is 0 Å². The molecule has 210 valence electrons. The van der Waals surface area contributed by atoms with Gasteiger partial charge in [0.1, 0.15) is 5.75 Å². The smallest absolute Gasteiger partial charge is 0.251 e. The van der Waals surface area contributed by atoms with Crippen LogP contribution in [0.2, 0.25) is 5.02 Å². The maximum absolute atomic E-state index is 13.2. The molecule has 1 unspecified atom stereocenters. The number of benzene rings is 3. The second-order valence-electron chi connectivity index (χ2n) is 9.95. The Morgan fingerprint density at radius 2 is 1.82 bits per heavy atom. The average molecular weight is 577 g/mol. The first-order valence-electron chi connectivity index (χ1n) is 13.8. The van der Waals surface area contributed by atoms with E-state index in [1.165, 1.54) is 31.2 Å². The highest BCUT2D eigenvalue weighted by molar-refractivity contribution is 7.98. The van der Waals surface area contributed by atoms with Crippen molar-refractivity contribution in [3.8, 4) is 11.4 Å². The van der Waals surface area contributed by atoms with E-state index in [0.29, 0.717) is 22.2 Å². The summed E-state index contributed by atoms with van der Waals surface area (Å²) in [6, 6.07) is 21.2. The lowest BCUT2D eigenvalue weighted by molar-refractivity contribution is 0.0938. The Morgan fingerprint density at radius 1 is 1.02 bits per heavy atom. The molecular weight excluding hydrogens is 540 g/mol. The standard InChI is InChI=1S/C32H37ClN4O2S/c1-5-6-7-8-10-24-14-16-26(17-15-24)31(38)34-23(3)30-35-36-32(37(30)29-20-27(33)18-13-22(29)2)40-21-25-11-9-12-28(19-25)39-4/h9,11-20,23H,5-8,10,21H2,1-4H3,(H,34,38). The van der Waals surface area contributed by atoms with Gasteiger partial charge in [0.15, 0.2) is 11.0 Å².